The summed E-state index contributed by atoms with van der Waals surface area (Å²) < 4.78 is 10.5. The van der Waals surface area contributed by atoms with Crippen LogP contribution in [0.4, 0.5) is 0 Å². The van der Waals surface area contributed by atoms with Crippen molar-refractivity contribution in [1.82, 2.24) is 4.98 Å². The molecule has 24 heavy (non-hydrogen) atoms. The summed E-state index contributed by atoms with van der Waals surface area (Å²) in [7, 11) is 1.56. The van der Waals surface area contributed by atoms with Crippen LogP contribution >= 0.6 is 0 Å². The number of rotatable bonds is 3. The smallest absolute Gasteiger partial charge is 0.308 e. The van der Waals surface area contributed by atoms with Gasteiger partial charge in [0.05, 0.1) is 12.8 Å². The third-order valence-corrected chi connectivity index (χ3v) is 4.08. The van der Waals surface area contributed by atoms with Gasteiger partial charge in [-0.1, -0.05) is 12.1 Å². The zero-order valence-electron chi connectivity index (χ0n) is 14.3. The van der Waals surface area contributed by atoms with E-state index in [4.69, 9.17) is 9.47 Å². The number of aromatic nitrogens is 1. The highest BCUT2D eigenvalue weighted by Gasteiger charge is 2.16. The summed E-state index contributed by atoms with van der Waals surface area (Å²) in [6.45, 7) is 3.45. The van der Waals surface area contributed by atoms with Gasteiger partial charge in [-0.3, -0.25) is 9.78 Å². The Morgan fingerprint density at radius 3 is 2.79 bits per heavy atom. The Balaban J connectivity index is 1.99. The van der Waals surface area contributed by atoms with Gasteiger partial charge < -0.3 is 9.47 Å². The molecule has 0 radical (unpaired) electrons. The number of esters is 1. The van der Waals surface area contributed by atoms with E-state index >= 15 is 0 Å². The molecule has 0 amide bonds. The van der Waals surface area contributed by atoms with Crippen molar-refractivity contribution in [1.29, 1.82) is 0 Å². The largest absolute Gasteiger partial charge is 0.493 e. The van der Waals surface area contributed by atoms with E-state index in [0.717, 1.165) is 30.5 Å². The van der Waals surface area contributed by atoms with E-state index in [1.807, 2.05) is 24.4 Å². The van der Waals surface area contributed by atoms with Gasteiger partial charge in [0, 0.05) is 13.1 Å². The molecule has 0 saturated carbocycles. The summed E-state index contributed by atoms with van der Waals surface area (Å²) in [6.07, 6.45) is 7.22. The Kier molecular flexibility index (Phi) is 4.65. The molecule has 0 spiro atoms. The number of allylic oxidation sites excluding steroid dienone is 1. The summed E-state index contributed by atoms with van der Waals surface area (Å²) in [5, 5.41) is 0. The summed E-state index contributed by atoms with van der Waals surface area (Å²) in [6, 6.07) is 7.82. The van der Waals surface area contributed by atoms with Gasteiger partial charge in [0.15, 0.2) is 11.5 Å². The van der Waals surface area contributed by atoms with E-state index in [9.17, 15) is 4.79 Å². The van der Waals surface area contributed by atoms with Gasteiger partial charge in [0.1, 0.15) is 0 Å². The fraction of sp³-hybridized carbons (Fsp3) is 0.300. The molecule has 0 aliphatic heterocycles. The average Bonchev–Trinajstić information content (AvgIpc) is 2.54. The molecule has 2 aromatic rings. The van der Waals surface area contributed by atoms with Gasteiger partial charge in [-0.2, -0.15) is 0 Å². The van der Waals surface area contributed by atoms with Crippen LogP contribution in [0.1, 0.15) is 42.1 Å². The first-order chi connectivity index (χ1) is 11.6. The molecule has 124 valence electrons. The van der Waals surface area contributed by atoms with E-state index in [2.05, 4.69) is 24.1 Å². The van der Waals surface area contributed by atoms with Gasteiger partial charge in [0.25, 0.3) is 0 Å². The normalized spacial score (nSPS) is 15.0. The molecule has 0 unspecified atom stereocenters. The highest BCUT2D eigenvalue weighted by Crippen LogP contribution is 2.34. The van der Waals surface area contributed by atoms with E-state index in [-0.39, 0.29) is 5.97 Å². The standard InChI is InChI=1S/C20H21NO3/c1-13-9-16-5-4-6-17(20(16)21-12-13)10-15-7-8-18(23-3)19(11-15)24-14(2)22/h7-12H,4-6H2,1-3H3/b17-10-. The minimum Gasteiger partial charge on any atom is -0.493 e. The Labute approximate surface area is 142 Å². The van der Waals surface area contributed by atoms with Crippen LogP contribution in [0, 0.1) is 6.92 Å². The zero-order chi connectivity index (χ0) is 17.1. The number of hydrogen-bond donors (Lipinski definition) is 0. The second-order valence-corrected chi connectivity index (χ2v) is 6.05. The predicted molar refractivity (Wildman–Crippen MR) is 94.1 cm³/mol. The third kappa shape index (κ3) is 3.48. The SMILES string of the molecule is COc1ccc(/C=C2/CCCc3cc(C)cnc32)cc1OC(C)=O. The number of hydrogen-bond acceptors (Lipinski definition) is 4. The van der Waals surface area contributed by atoms with Crippen LogP contribution in [0.2, 0.25) is 0 Å². The molecular weight excluding hydrogens is 302 g/mol. The van der Waals surface area contributed by atoms with Crippen LogP contribution in [0.5, 0.6) is 11.5 Å². The molecule has 1 aromatic heterocycles. The van der Waals surface area contributed by atoms with E-state index < -0.39 is 0 Å². The lowest BCUT2D eigenvalue weighted by Gasteiger charge is -2.18. The molecule has 1 aliphatic carbocycles. The van der Waals surface area contributed by atoms with Gasteiger partial charge in [-0.15, -0.1) is 0 Å². The van der Waals surface area contributed by atoms with Gasteiger partial charge >= 0.3 is 5.97 Å². The van der Waals surface area contributed by atoms with Gasteiger partial charge in [0.2, 0.25) is 0 Å². The monoisotopic (exact) mass is 323 g/mol. The van der Waals surface area contributed by atoms with Crippen molar-refractivity contribution in [3.05, 3.63) is 52.8 Å². The first-order valence-corrected chi connectivity index (χ1v) is 8.10. The Hall–Kier alpha value is -2.62. The molecule has 1 aliphatic rings. The average molecular weight is 323 g/mol. The lowest BCUT2D eigenvalue weighted by Crippen LogP contribution is -2.05. The van der Waals surface area contributed by atoms with Crippen LogP contribution in [-0.4, -0.2) is 18.1 Å². The first kappa shape index (κ1) is 16.2. The van der Waals surface area contributed by atoms with Crippen molar-refractivity contribution in [2.75, 3.05) is 7.11 Å². The van der Waals surface area contributed by atoms with Crippen LogP contribution in [0.3, 0.4) is 0 Å². The van der Waals surface area contributed by atoms with Crippen molar-refractivity contribution >= 4 is 17.6 Å². The van der Waals surface area contributed by atoms with E-state index in [0.29, 0.717) is 11.5 Å². The minimum atomic E-state index is -0.363. The van der Waals surface area contributed by atoms with Crippen LogP contribution in [-0.2, 0) is 11.2 Å². The Bertz CT molecular complexity index is 809. The Morgan fingerprint density at radius 1 is 1.21 bits per heavy atom. The van der Waals surface area contributed by atoms with Crippen molar-refractivity contribution in [3.8, 4) is 11.5 Å². The van der Waals surface area contributed by atoms with E-state index in [1.165, 1.54) is 23.6 Å². The third-order valence-electron chi connectivity index (χ3n) is 4.08. The number of benzene rings is 1. The molecule has 0 N–H and O–H groups in total. The highest BCUT2D eigenvalue weighted by atomic mass is 16.6. The van der Waals surface area contributed by atoms with Crippen molar-refractivity contribution in [2.45, 2.75) is 33.1 Å². The molecule has 0 saturated heterocycles. The number of carbonyl (C=O) groups is 1. The molecule has 0 bridgehead atoms. The van der Waals surface area contributed by atoms with Crippen LogP contribution < -0.4 is 9.47 Å². The van der Waals surface area contributed by atoms with Crippen molar-refractivity contribution in [3.63, 3.8) is 0 Å². The molecule has 0 atom stereocenters. The molecule has 4 heteroatoms. The summed E-state index contributed by atoms with van der Waals surface area (Å²) >= 11 is 0. The summed E-state index contributed by atoms with van der Waals surface area (Å²) in [4.78, 5) is 15.9. The minimum absolute atomic E-state index is 0.363. The fourth-order valence-electron chi connectivity index (χ4n) is 3.06. The highest BCUT2D eigenvalue weighted by molar-refractivity contribution is 5.83. The second kappa shape index (κ2) is 6.87. The molecule has 1 aromatic carbocycles. The zero-order valence-corrected chi connectivity index (χ0v) is 14.3. The molecule has 3 rings (SSSR count). The quantitative estimate of drug-likeness (QED) is 0.627. The number of methoxy groups -OCH3 is 1. The summed E-state index contributed by atoms with van der Waals surface area (Å²) in [5.41, 5.74) is 5.77. The van der Waals surface area contributed by atoms with Crippen molar-refractivity contribution < 1.29 is 14.3 Å². The maximum atomic E-state index is 11.3. The first-order valence-electron chi connectivity index (χ1n) is 8.10. The molecular formula is C20H21NO3. The number of carbonyl (C=O) groups excluding carboxylic acids is 1. The van der Waals surface area contributed by atoms with Crippen LogP contribution in [0.15, 0.2) is 30.5 Å². The Morgan fingerprint density at radius 2 is 2.04 bits per heavy atom. The lowest BCUT2D eigenvalue weighted by molar-refractivity contribution is -0.132. The molecule has 4 nitrogen and oxygen atoms in total. The number of nitrogens with zero attached hydrogens (tertiary/aromatic N) is 1. The maximum Gasteiger partial charge on any atom is 0.308 e. The predicted octanol–water partition coefficient (Wildman–Crippen LogP) is 4.20. The molecule has 0 fully saturated rings. The number of pyridine rings is 1. The van der Waals surface area contributed by atoms with E-state index in [1.54, 1.807) is 7.11 Å². The fourth-order valence-corrected chi connectivity index (χ4v) is 3.06. The van der Waals surface area contributed by atoms with Crippen LogP contribution in [0.25, 0.3) is 11.6 Å². The van der Waals surface area contributed by atoms with Gasteiger partial charge in [-0.25, -0.2) is 0 Å². The number of ether oxygens (including phenoxy) is 2. The number of aryl methyl sites for hydroxylation is 2. The number of fused-ring (bicyclic) bond motifs is 1. The summed E-state index contributed by atoms with van der Waals surface area (Å²) in [5.74, 6) is 0.621. The molecule has 1 heterocycles. The van der Waals surface area contributed by atoms with Gasteiger partial charge in [-0.05, 0) is 66.7 Å². The second-order valence-electron chi connectivity index (χ2n) is 6.05. The maximum absolute atomic E-state index is 11.3. The topological polar surface area (TPSA) is 48.4 Å². The van der Waals surface area contributed by atoms with Crippen molar-refractivity contribution in [2.24, 2.45) is 0 Å². The lowest BCUT2D eigenvalue weighted by atomic mass is 9.89.